The first-order valence-corrected chi connectivity index (χ1v) is 6.89. The molecular formula is C16H22N2O. The van der Waals surface area contributed by atoms with Crippen LogP contribution in [-0.4, -0.2) is 24.2 Å². The highest BCUT2D eigenvalue weighted by Gasteiger charge is 2.14. The van der Waals surface area contributed by atoms with E-state index in [1.807, 2.05) is 12.1 Å². The van der Waals surface area contributed by atoms with Crippen molar-refractivity contribution in [3.63, 3.8) is 0 Å². The van der Waals surface area contributed by atoms with Crippen molar-refractivity contribution in [1.29, 1.82) is 0 Å². The van der Waals surface area contributed by atoms with Gasteiger partial charge in [-0.2, -0.15) is 0 Å². The minimum atomic E-state index is 0.0181. The second-order valence-corrected chi connectivity index (χ2v) is 5.95. The summed E-state index contributed by atoms with van der Waals surface area (Å²) in [6.45, 7) is 8.35. The lowest BCUT2D eigenvalue weighted by molar-refractivity contribution is 0.156. The summed E-state index contributed by atoms with van der Waals surface area (Å²) < 4.78 is 5.86. The van der Waals surface area contributed by atoms with E-state index in [2.05, 4.69) is 42.9 Å². The Hall–Kier alpha value is -1.53. The molecular weight excluding hydrogens is 236 g/mol. The fourth-order valence-corrected chi connectivity index (χ4v) is 1.87. The summed E-state index contributed by atoms with van der Waals surface area (Å²) in [7, 11) is 0. The molecule has 3 heteroatoms. The van der Waals surface area contributed by atoms with Crippen LogP contribution in [0.1, 0.15) is 39.2 Å². The van der Waals surface area contributed by atoms with E-state index < -0.39 is 0 Å². The number of aromatic nitrogens is 1. The summed E-state index contributed by atoms with van der Waals surface area (Å²) >= 11 is 0. The molecule has 1 aliphatic rings. The molecule has 0 bridgehead atoms. The molecule has 0 atom stereocenters. The lowest BCUT2D eigenvalue weighted by atomic mass is 9.97. The minimum Gasteiger partial charge on any atom is -0.474 e. The van der Waals surface area contributed by atoms with E-state index in [9.17, 15) is 0 Å². The molecule has 3 nitrogen and oxygen atoms in total. The molecule has 1 fully saturated rings. The summed E-state index contributed by atoms with van der Waals surface area (Å²) in [6, 6.07) is 3.89. The third kappa shape index (κ3) is 4.92. The molecule has 0 aromatic carbocycles. The summed E-state index contributed by atoms with van der Waals surface area (Å²) in [5.41, 5.74) is 0.956. The van der Waals surface area contributed by atoms with E-state index >= 15 is 0 Å². The van der Waals surface area contributed by atoms with Crippen molar-refractivity contribution in [3.05, 3.63) is 23.9 Å². The van der Waals surface area contributed by atoms with Gasteiger partial charge in [-0.1, -0.05) is 11.8 Å². The minimum absolute atomic E-state index is 0.0181. The summed E-state index contributed by atoms with van der Waals surface area (Å²) in [6.07, 6.45) is 4.18. The van der Waals surface area contributed by atoms with Gasteiger partial charge < -0.3 is 10.1 Å². The Balaban J connectivity index is 1.95. The molecule has 2 rings (SSSR count). The van der Waals surface area contributed by atoms with Gasteiger partial charge in [-0.05, 0) is 52.8 Å². The molecule has 0 unspecified atom stereocenters. The van der Waals surface area contributed by atoms with Gasteiger partial charge in [-0.25, -0.2) is 4.98 Å². The predicted octanol–water partition coefficient (Wildman–Crippen LogP) is 2.61. The fourth-order valence-electron chi connectivity index (χ4n) is 1.87. The molecule has 1 N–H and O–H groups in total. The first-order chi connectivity index (χ1) is 9.03. The number of nitrogens with one attached hydrogen (secondary N) is 1. The Morgan fingerprint density at radius 2 is 2.00 bits per heavy atom. The molecule has 2 heterocycles. The highest BCUT2D eigenvalue weighted by molar-refractivity contribution is 5.34. The molecule has 0 amide bonds. The second-order valence-electron chi connectivity index (χ2n) is 5.95. The van der Waals surface area contributed by atoms with Gasteiger partial charge in [0.25, 0.3) is 0 Å². The average molecular weight is 258 g/mol. The lowest BCUT2D eigenvalue weighted by Crippen LogP contribution is -2.34. The Morgan fingerprint density at radius 3 is 2.58 bits per heavy atom. The maximum Gasteiger partial charge on any atom is 0.213 e. The molecule has 0 spiro atoms. The van der Waals surface area contributed by atoms with E-state index in [0.29, 0.717) is 12.0 Å². The quantitative estimate of drug-likeness (QED) is 0.828. The Bertz CT molecular complexity index is 456. The van der Waals surface area contributed by atoms with Crippen LogP contribution in [-0.2, 0) is 0 Å². The summed E-state index contributed by atoms with van der Waals surface area (Å²) in [5, 5.41) is 3.32. The zero-order valence-electron chi connectivity index (χ0n) is 12.0. The summed E-state index contributed by atoms with van der Waals surface area (Å²) in [5.74, 6) is 7.04. The van der Waals surface area contributed by atoms with Crippen LogP contribution < -0.4 is 10.1 Å². The molecule has 1 saturated heterocycles. The van der Waals surface area contributed by atoms with Crippen molar-refractivity contribution in [2.24, 2.45) is 5.41 Å². The highest BCUT2D eigenvalue weighted by Crippen LogP contribution is 2.15. The van der Waals surface area contributed by atoms with E-state index in [1.165, 1.54) is 0 Å². The van der Waals surface area contributed by atoms with E-state index in [0.717, 1.165) is 31.5 Å². The molecule has 1 aromatic heterocycles. The number of hydrogen-bond donors (Lipinski definition) is 1. The van der Waals surface area contributed by atoms with E-state index in [-0.39, 0.29) is 5.41 Å². The molecule has 102 valence electrons. The smallest absolute Gasteiger partial charge is 0.213 e. The van der Waals surface area contributed by atoms with Gasteiger partial charge in [-0.3, -0.25) is 0 Å². The highest BCUT2D eigenvalue weighted by atomic mass is 16.5. The van der Waals surface area contributed by atoms with E-state index in [1.54, 1.807) is 6.20 Å². The normalized spacial score (nSPS) is 16.6. The van der Waals surface area contributed by atoms with Crippen LogP contribution in [0, 0.1) is 17.3 Å². The Kier molecular flexibility index (Phi) is 4.44. The van der Waals surface area contributed by atoms with Gasteiger partial charge in [0.15, 0.2) is 0 Å². The topological polar surface area (TPSA) is 34.1 Å². The van der Waals surface area contributed by atoms with E-state index in [4.69, 9.17) is 4.74 Å². The second kappa shape index (κ2) is 6.08. The van der Waals surface area contributed by atoms with Gasteiger partial charge in [0.1, 0.15) is 6.10 Å². The van der Waals surface area contributed by atoms with Crippen LogP contribution in [0.25, 0.3) is 0 Å². The maximum absolute atomic E-state index is 5.86. The van der Waals surface area contributed by atoms with Crippen LogP contribution in [0.2, 0.25) is 0 Å². The van der Waals surface area contributed by atoms with Gasteiger partial charge >= 0.3 is 0 Å². The van der Waals surface area contributed by atoms with Crippen molar-refractivity contribution < 1.29 is 4.74 Å². The zero-order chi connectivity index (χ0) is 13.7. The molecule has 0 aliphatic carbocycles. The molecule has 19 heavy (non-hydrogen) atoms. The van der Waals surface area contributed by atoms with Crippen molar-refractivity contribution in [1.82, 2.24) is 10.3 Å². The fraction of sp³-hybridized carbons (Fsp3) is 0.562. The number of hydrogen-bond acceptors (Lipinski definition) is 3. The summed E-state index contributed by atoms with van der Waals surface area (Å²) in [4.78, 5) is 4.33. The lowest BCUT2D eigenvalue weighted by Gasteiger charge is -2.23. The van der Waals surface area contributed by atoms with Crippen molar-refractivity contribution >= 4 is 0 Å². The van der Waals surface area contributed by atoms with Crippen molar-refractivity contribution in [3.8, 4) is 17.7 Å². The maximum atomic E-state index is 5.86. The van der Waals surface area contributed by atoms with Crippen molar-refractivity contribution in [2.75, 3.05) is 13.1 Å². The number of pyridine rings is 1. The van der Waals surface area contributed by atoms with Crippen LogP contribution in [0.4, 0.5) is 0 Å². The van der Waals surface area contributed by atoms with Crippen molar-refractivity contribution in [2.45, 2.75) is 39.7 Å². The van der Waals surface area contributed by atoms with Gasteiger partial charge in [0.05, 0.1) is 0 Å². The monoisotopic (exact) mass is 258 g/mol. The first-order valence-electron chi connectivity index (χ1n) is 6.89. The van der Waals surface area contributed by atoms with Crippen LogP contribution in [0.3, 0.4) is 0 Å². The average Bonchev–Trinajstić information content (AvgIpc) is 2.38. The largest absolute Gasteiger partial charge is 0.474 e. The zero-order valence-corrected chi connectivity index (χ0v) is 12.0. The molecule has 1 aliphatic heterocycles. The third-order valence-electron chi connectivity index (χ3n) is 2.89. The van der Waals surface area contributed by atoms with Gasteiger partial charge in [0, 0.05) is 23.2 Å². The number of ether oxygens (including phenoxy) is 1. The Labute approximate surface area is 115 Å². The predicted molar refractivity (Wildman–Crippen MR) is 77.1 cm³/mol. The first kappa shape index (κ1) is 13.9. The molecule has 0 saturated carbocycles. The number of nitrogens with zero attached hydrogens (tertiary/aromatic N) is 1. The van der Waals surface area contributed by atoms with Crippen LogP contribution >= 0.6 is 0 Å². The van der Waals surface area contributed by atoms with Crippen LogP contribution in [0.15, 0.2) is 18.3 Å². The molecule has 0 radical (unpaired) electrons. The standard InChI is InChI=1S/C16H22N2O/c1-16(2,3)9-6-13-4-5-15(18-12-13)19-14-7-10-17-11-8-14/h4-5,12,14,17H,7-8,10-11H2,1-3H3. The molecule has 1 aromatic rings. The third-order valence-corrected chi connectivity index (χ3v) is 2.89. The van der Waals surface area contributed by atoms with Gasteiger partial charge in [0.2, 0.25) is 5.88 Å². The van der Waals surface area contributed by atoms with Crippen LogP contribution in [0.5, 0.6) is 5.88 Å². The SMILES string of the molecule is CC(C)(C)C#Cc1ccc(OC2CCNCC2)nc1. The number of rotatable bonds is 2. The Morgan fingerprint density at radius 1 is 1.26 bits per heavy atom. The number of piperidine rings is 1. The van der Waals surface area contributed by atoms with Gasteiger partial charge in [-0.15, -0.1) is 0 Å².